The van der Waals surface area contributed by atoms with Gasteiger partial charge in [0, 0.05) is 27.0 Å². The van der Waals surface area contributed by atoms with Crippen LogP contribution in [0.2, 0.25) is 0 Å². The van der Waals surface area contributed by atoms with Gasteiger partial charge in [-0.1, -0.05) is 18.9 Å². The van der Waals surface area contributed by atoms with Crippen molar-refractivity contribution >= 4 is 28.5 Å². The van der Waals surface area contributed by atoms with Crippen LogP contribution in [0.1, 0.15) is 47.2 Å². The van der Waals surface area contributed by atoms with Crippen LogP contribution in [-0.4, -0.2) is 45.8 Å². The average Bonchev–Trinajstić information content (AvgIpc) is 2.71. The Balaban J connectivity index is 1.57. The lowest BCUT2D eigenvalue weighted by atomic mass is 9.71. The van der Waals surface area contributed by atoms with Crippen LogP contribution in [0.25, 0.3) is 0 Å². The number of carbonyl (C=O) groups is 1. The number of benzene rings is 2. The number of rotatable bonds is 4. The quantitative estimate of drug-likeness (QED) is 0.571. The molecule has 2 fully saturated rings. The van der Waals surface area contributed by atoms with E-state index in [4.69, 9.17) is 0 Å². The first-order chi connectivity index (χ1) is 14.7. The summed E-state index contributed by atoms with van der Waals surface area (Å²) in [6.45, 7) is 0.0355. The van der Waals surface area contributed by atoms with Gasteiger partial charge in [0.2, 0.25) is 0 Å². The number of likely N-dealkylation sites (tertiary alicyclic amines) is 1. The SMILES string of the molecule is O=C(c1ccc(F)c(F)c1Cc1ccc(I)cc1F)N1CC(O)([C@H]2CCCC[C@H]2O)C1. The summed E-state index contributed by atoms with van der Waals surface area (Å²) in [5.41, 5.74) is -1.29. The van der Waals surface area contributed by atoms with Crippen LogP contribution in [0.15, 0.2) is 30.3 Å². The first-order valence-electron chi connectivity index (χ1n) is 10.3. The van der Waals surface area contributed by atoms with Gasteiger partial charge >= 0.3 is 0 Å². The third kappa shape index (κ3) is 4.34. The van der Waals surface area contributed by atoms with Gasteiger partial charge in [0.05, 0.1) is 19.2 Å². The van der Waals surface area contributed by atoms with Gasteiger partial charge in [0.25, 0.3) is 5.91 Å². The van der Waals surface area contributed by atoms with E-state index in [0.717, 1.165) is 18.9 Å². The summed E-state index contributed by atoms with van der Waals surface area (Å²) in [5, 5.41) is 21.1. The second-order valence-electron chi connectivity index (χ2n) is 8.52. The molecule has 1 amide bonds. The van der Waals surface area contributed by atoms with Gasteiger partial charge in [-0.05, 0) is 65.3 Å². The van der Waals surface area contributed by atoms with Crippen molar-refractivity contribution in [2.24, 2.45) is 5.92 Å². The normalized spacial score (nSPS) is 22.8. The standard InChI is InChI=1S/C23H23F3INO3/c24-18-8-7-15(16(21(18)26)9-13-5-6-14(27)10-19(13)25)22(30)28-11-23(31,12-28)17-3-1-2-4-20(17)29/h5-8,10,17,20,29,31H,1-4,9,11-12H2/t17-,20+/m0/s1. The molecule has 31 heavy (non-hydrogen) atoms. The Bertz CT molecular complexity index is 1010. The molecular weight excluding hydrogens is 522 g/mol. The van der Waals surface area contributed by atoms with Crippen LogP contribution in [0.3, 0.4) is 0 Å². The fourth-order valence-corrected chi connectivity index (χ4v) is 5.18. The highest BCUT2D eigenvalue weighted by Gasteiger charge is 2.52. The van der Waals surface area contributed by atoms with E-state index in [1.807, 2.05) is 22.6 Å². The van der Waals surface area contributed by atoms with E-state index < -0.39 is 35.1 Å². The van der Waals surface area contributed by atoms with Crippen molar-refractivity contribution in [2.45, 2.75) is 43.8 Å². The lowest BCUT2D eigenvalue weighted by Crippen LogP contribution is -2.68. The van der Waals surface area contributed by atoms with Gasteiger partial charge in [-0.3, -0.25) is 4.79 Å². The van der Waals surface area contributed by atoms with E-state index in [2.05, 4.69) is 0 Å². The Hall–Kier alpha value is -1.65. The second kappa shape index (κ2) is 8.71. The zero-order valence-electron chi connectivity index (χ0n) is 16.8. The van der Waals surface area contributed by atoms with E-state index in [1.54, 1.807) is 6.07 Å². The van der Waals surface area contributed by atoms with Crippen LogP contribution < -0.4 is 0 Å². The monoisotopic (exact) mass is 545 g/mol. The number of halogens is 4. The summed E-state index contributed by atoms with van der Waals surface area (Å²) in [6.07, 6.45) is 2.24. The molecule has 0 aromatic heterocycles. The number of amides is 1. The number of β-amino-alcohol motifs (C(OH)–C–C–N with tert-alkyl or cyclic N) is 1. The Kier molecular flexibility index (Phi) is 6.33. The van der Waals surface area contributed by atoms with Gasteiger partial charge in [-0.25, -0.2) is 13.2 Å². The molecule has 4 rings (SSSR count). The lowest BCUT2D eigenvalue weighted by molar-refractivity contribution is -0.156. The lowest BCUT2D eigenvalue weighted by Gasteiger charge is -2.52. The smallest absolute Gasteiger partial charge is 0.254 e. The minimum Gasteiger partial charge on any atom is -0.393 e. The molecule has 2 atom stereocenters. The summed E-state index contributed by atoms with van der Waals surface area (Å²) >= 11 is 1.95. The predicted octanol–water partition coefficient (Wildman–Crippen LogP) is 4.04. The number of hydrogen-bond donors (Lipinski definition) is 2. The molecule has 4 nitrogen and oxygen atoms in total. The molecular formula is C23H23F3INO3. The molecule has 0 bridgehead atoms. The molecule has 166 valence electrons. The van der Waals surface area contributed by atoms with Crippen LogP contribution >= 0.6 is 22.6 Å². The van der Waals surface area contributed by atoms with Crippen LogP contribution in [-0.2, 0) is 6.42 Å². The summed E-state index contributed by atoms with van der Waals surface area (Å²) in [5.74, 6) is -3.70. The second-order valence-corrected chi connectivity index (χ2v) is 9.77. The fourth-order valence-electron chi connectivity index (χ4n) is 4.72. The van der Waals surface area contributed by atoms with Crippen LogP contribution in [0, 0.1) is 26.9 Å². The highest BCUT2D eigenvalue weighted by molar-refractivity contribution is 14.1. The van der Waals surface area contributed by atoms with Crippen molar-refractivity contribution < 1.29 is 28.2 Å². The molecule has 1 heterocycles. The van der Waals surface area contributed by atoms with E-state index in [9.17, 15) is 28.2 Å². The molecule has 1 aliphatic heterocycles. The molecule has 1 aliphatic carbocycles. The maximum Gasteiger partial charge on any atom is 0.254 e. The molecule has 2 aromatic carbocycles. The molecule has 8 heteroatoms. The van der Waals surface area contributed by atoms with Gasteiger partial charge in [-0.15, -0.1) is 0 Å². The molecule has 2 N–H and O–H groups in total. The van der Waals surface area contributed by atoms with Gasteiger partial charge in [0.1, 0.15) is 11.4 Å². The van der Waals surface area contributed by atoms with Crippen LogP contribution in [0.4, 0.5) is 13.2 Å². The average molecular weight is 545 g/mol. The summed E-state index contributed by atoms with van der Waals surface area (Å²) < 4.78 is 43.6. The zero-order valence-corrected chi connectivity index (χ0v) is 18.9. The Labute approximate surface area is 192 Å². The zero-order chi connectivity index (χ0) is 22.3. The Morgan fingerprint density at radius 3 is 2.48 bits per heavy atom. The van der Waals surface area contributed by atoms with Crippen molar-refractivity contribution in [2.75, 3.05) is 13.1 Å². The van der Waals surface area contributed by atoms with Crippen molar-refractivity contribution in [3.05, 3.63) is 68.0 Å². The maximum atomic E-state index is 14.6. The number of hydrogen-bond acceptors (Lipinski definition) is 3. The van der Waals surface area contributed by atoms with Gasteiger partial charge < -0.3 is 15.1 Å². The van der Waals surface area contributed by atoms with Crippen LogP contribution in [0.5, 0.6) is 0 Å². The van der Waals surface area contributed by atoms with E-state index in [1.165, 1.54) is 23.1 Å². The van der Waals surface area contributed by atoms with Crippen molar-refractivity contribution in [1.29, 1.82) is 0 Å². The number of carbonyl (C=O) groups excluding carboxylic acids is 1. The highest BCUT2D eigenvalue weighted by atomic mass is 127. The molecule has 2 aromatic rings. The van der Waals surface area contributed by atoms with Crippen molar-refractivity contribution in [3.63, 3.8) is 0 Å². The fraction of sp³-hybridized carbons (Fsp3) is 0.435. The van der Waals surface area contributed by atoms with Crippen molar-refractivity contribution in [1.82, 2.24) is 4.90 Å². The number of nitrogens with zero attached hydrogens (tertiary/aromatic N) is 1. The molecule has 0 spiro atoms. The molecule has 1 saturated heterocycles. The van der Waals surface area contributed by atoms with Gasteiger partial charge in [0.15, 0.2) is 11.6 Å². The first kappa shape index (κ1) is 22.5. The largest absolute Gasteiger partial charge is 0.393 e. The molecule has 1 saturated carbocycles. The summed E-state index contributed by atoms with van der Waals surface area (Å²) in [7, 11) is 0. The minimum atomic E-state index is -1.18. The topological polar surface area (TPSA) is 60.8 Å². The molecule has 0 radical (unpaired) electrons. The van der Waals surface area contributed by atoms with Crippen molar-refractivity contribution in [3.8, 4) is 0 Å². The Morgan fingerprint density at radius 1 is 1.10 bits per heavy atom. The highest BCUT2D eigenvalue weighted by Crippen LogP contribution is 2.39. The van der Waals surface area contributed by atoms with E-state index in [-0.39, 0.29) is 42.1 Å². The third-order valence-electron chi connectivity index (χ3n) is 6.45. The summed E-state index contributed by atoms with van der Waals surface area (Å²) in [6, 6.07) is 6.52. The Morgan fingerprint density at radius 2 is 1.81 bits per heavy atom. The van der Waals surface area contributed by atoms with E-state index >= 15 is 0 Å². The number of aliphatic hydroxyl groups excluding tert-OH is 1. The predicted molar refractivity (Wildman–Crippen MR) is 117 cm³/mol. The van der Waals surface area contributed by atoms with E-state index in [0.29, 0.717) is 16.4 Å². The maximum absolute atomic E-state index is 14.6. The summed E-state index contributed by atoms with van der Waals surface area (Å²) in [4.78, 5) is 14.4. The first-order valence-corrected chi connectivity index (χ1v) is 11.4. The minimum absolute atomic E-state index is 0.0177. The number of aliphatic hydroxyl groups is 2. The molecule has 0 unspecified atom stereocenters. The molecule has 2 aliphatic rings. The third-order valence-corrected chi connectivity index (χ3v) is 7.12. The van der Waals surface area contributed by atoms with Gasteiger partial charge in [-0.2, -0.15) is 0 Å².